The third-order valence-electron chi connectivity index (χ3n) is 4.66. The van der Waals surface area contributed by atoms with E-state index in [2.05, 4.69) is 5.32 Å². The second kappa shape index (κ2) is 6.58. The maximum atomic E-state index is 13.2. The van der Waals surface area contributed by atoms with E-state index in [0.717, 1.165) is 22.3 Å². The minimum Gasteiger partial charge on any atom is -0.326 e. The van der Waals surface area contributed by atoms with Gasteiger partial charge in [0.15, 0.2) is 5.54 Å². The number of aliphatic imine (C=N–C) groups is 1. The Morgan fingerprint density at radius 3 is 2.04 bits per heavy atom. The van der Waals surface area contributed by atoms with Crippen LogP contribution < -0.4 is 11.1 Å². The van der Waals surface area contributed by atoms with E-state index in [0.29, 0.717) is 12.4 Å². The van der Waals surface area contributed by atoms with E-state index < -0.39 is 5.54 Å². The Morgan fingerprint density at radius 1 is 0.846 bits per heavy atom. The zero-order valence-corrected chi connectivity index (χ0v) is 14.2. The van der Waals surface area contributed by atoms with E-state index in [1.165, 1.54) is 0 Å². The number of amidine groups is 1. The Morgan fingerprint density at radius 2 is 1.46 bits per heavy atom. The molecule has 0 saturated heterocycles. The molecule has 0 fully saturated rings. The van der Waals surface area contributed by atoms with E-state index in [-0.39, 0.29) is 5.91 Å². The van der Waals surface area contributed by atoms with E-state index >= 15 is 0 Å². The van der Waals surface area contributed by atoms with Crippen molar-refractivity contribution in [3.8, 4) is 0 Å². The first-order chi connectivity index (χ1) is 12.7. The molecular weight excluding hydrogens is 322 g/mol. The summed E-state index contributed by atoms with van der Waals surface area (Å²) < 4.78 is 0. The molecule has 1 aliphatic rings. The molecule has 1 heterocycles. The lowest BCUT2D eigenvalue weighted by Gasteiger charge is -2.24. The summed E-state index contributed by atoms with van der Waals surface area (Å²) in [6, 6.07) is 27.1. The van der Waals surface area contributed by atoms with Gasteiger partial charge in [0.1, 0.15) is 5.84 Å². The van der Waals surface area contributed by atoms with Crippen LogP contribution in [0.4, 0.5) is 0 Å². The molecule has 3 aromatic carbocycles. The van der Waals surface area contributed by atoms with Crippen molar-refractivity contribution in [2.75, 3.05) is 0 Å². The second-order valence-electron chi connectivity index (χ2n) is 6.26. The summed E-state index contributed by atoms with van der Waals surface area (Å²) >= 11 is 0. The van der Waals surface area contributed by atoms with Crippen molar-refractivity contribution in [1.82, 2.24) is 5.32 Å². The van der Waals surface area contributed by atoms with Crippen LogP contribution in [0.25, 0.3) is 0 Å². The maximum Gasteiger partial charge on any atom is 0.262 e. The zero-order valence-electron chi connectivity index (χ0n) is 14.2. The van der Waals surface area contributed by atoms with Crippen molar-refractivity contribution >= 4 is 11.7 Å². The number of nitrogens with two attached hydrogens (primary N) is 1. The Labute approximate surface area is 152 Å². The molecule has 0 aliphatic carbocycles. The number of amides is 1. The Bertz CT molecular complexity index is 925. The summed E-state index contributed by atoms with van der Waals surface area (Å²) in [5, 5.41) is 2.98. The molecule has 3 aromatic rings. The molecule has 0 atom stereocenters. The van der Waals surface area contributed by atoms with Gasteiger partial charge >= 0.3 is 0 Å². The molecule has 3 N–H and O–H groups in total. The molecule has 0 saturated carbocycles. The van der Waals surface area contributed by atoms with Crippen molar-refractivity contribution in [3.63, 3.8) is 0 Å². The summed E-state index contributed by atoms with van der Waals surface area (Å²) in [5.74, 6) is 0.418. The molecule has 128 valence electrons. The average molecular weight is 341 g/mol. The van der Waals surface area contributed by atoms with Gasteiger partial charge in [-0.3, -0.25) is 4.79 Å². The molecule has 0 bridgehead atoms. The summed E-state index contributed by atoms with van der Waals surface area (Å²) in [4.78, 5) is 18.1. The van der Waals surface area contributed by atoms with Crippen LogP contribution in [0.5, 0.6) is 0 Å². The Hall–Kier alpha value is -3.24. The van der Waals surface area contributed by atoms with Crippen molar-refractivity contribution < 1.29 is 4.79 Å². The third-order valence-corrected chi connectivity index (χ3v) is 4.66. The lowest BCUT2D eigenvalue weighted by Crippen LogP contribution is -2.38. The predicted molar refractivity (Wildman–Crippen MR) is 103 cm³/mol. The number of nitrogens with one attached hydrogen (secondary N) is 1. The molecule has 0 radical (unpaired) electrons. The number of carbonyl (C=O) groups is 1. The van der Waals surface area contributed by atoms with Crippen molar-refractivity contribution in [2.45, 2.75) is 12.1 Å². The Balaban J connectivity index is 1.91. The van der Waals surface area contributed by atoms with Crippen molar-refractivity contribution in [2.24, 2.45) is 10.7 Å². The predicted octanol–water partition coefficient (Wildman–Crippen LogP) is 2.97. The van der Waals surface area contributed by atoms with E-state index in [4.69, 9.17) is 10.7 Å². The number of nitrogens with zero attached hydrogens (tertiary/aromatic N) is 1. The number of hydrogen-bond acceptors (Lipinski definition) is 3. The van der Waals surface area contributed by atoms with Gasteiger partial charge in [0.2, 0.25) is 0 Å². The molecule has 4 rings (SSSR count). The number of carbonyl (C=O) groups excluding carboxylic acids is 1. The molecule has 0 unspecified atom stereocenters. The first kappa shape index (κ1) is 16.2. The Kier molecular flexibility index (Phi) is 4.11. The van der Waals surface area contributed by atoms with Crippen LogP contribution in [0.3, 0.4) is 0 Å². The molecule has 0 spiro atoms. The third kappa shape index (κ3) is 2.61. The quantitative estimate of drug-likeness (QED) is 0.766. The standard InChI is InChI=1S/C22H19N3O/c23-15-16-8-7-9-17(14-16)20-24-21(26)22(25-20,18-10-3-1-4-11-18)19-12-5-2-6-13-19/h1-14H,15,23H2,(H,24,25,26). The van der Waals surface area contributed by atoms with Crippen molar-refractivity contribution in [1.29, 1.82) is 0 Å². The first-order valence-corrected chi connectivity index (χ1v) is 8.56. The molecule has 1 amide bonds. The van der Waals surface area contributed by atoms with Crippen LogP contribution in [-0.2, 0) is 16.9 Å². The lowest BCUT2D eigenvalue weighted by atomic mass is 9.83. The number of rotatable bonds is 4. The molecule has 0 aromatic heterocycles. The maximum absolute atomic E-state index is 13.2. The molecular formula is C22H19N3O. The minimum atomic E-state index is -1.09. The van der Waals surface area contributed by atoms with Gasteiger partial charge in [-0.2, -0.15) is 0 Å². The summed E-state index contributed by atoms with van der Waals surface area (Å²) in [5.41, 5.74) is 8.20. The highest BCUT2D eigenvalue weighted by molar-refractivity contribution is 6.16. The van der Waals surface area contributed by atoms with E-state index in [1.54, 1.807) is 0 Å². The minimum absolute atomic E-state index is 0.150. The van der Waals surface area contributed by atoms with Gasteiger partial charge in [0.25, 0.3) is 5.91 Å². The van der Waals surface area contributed by atoms with Gasteiger partial charge in [0, 0.05) is 12.1 Å². The highest BCUT2D eigenvalue weighted by Gasteiger charge is 2.46. The highest BCUT2D eigenvalue weighted by Crippen LogP contribution is 2.37. The van der Waals surface area contributed by atoms with Crippen LogP contribution >= 0.6 is 0 Å². The SMILES string of the molecule is NCc1cccc(C2=NC(c3ccccc3)(c3ccccc3)C(=O)N2)c1. The zero-order chi connectivity index (χ0) is 18.0. The second-order valence-corrected chi connectivity index (χ2v) is 6.26. The van der Waals surface area contributed by atoms with Gasteiger partial charge < -0.3 is 11.1 Å². The molecule has 4 heteroatoms. The summed E-state index contributed by atoms with van der Waals surface area (Å²) in [6.07, 6.45) is 0. The topological polar surface area (TPSA) is 67.5 Å². The summed E-state index contributed by atoms with van der Waals surface area (Å²) in [6.45, 7) is 0.442. The van der Waals surface area contributed by atoms with Crippen LogP contribution in [0.2, 0.25) is 0 Å². The lowest BCUT2D eigenvalue weighted by molar-refractivity contribution is -0.122. The van der Waals surface area contributed by atoms with Crippen LogP contribution in [0.15, 0.2) is 89.9 Å². The number of hydrogen-bond donors (Lipinski definition) is 2. The monoisotopic (exact) mass is 341 g/mol. The van der Waals surface area contributed by atoms with Gasteiger partial charge in [-0.25, -0.2) is 4.99 Å². The fourth-order valence-corrected chi connectivity index (χ4v) is 3.34. The van der Waals surface area contributed by atoms with Gasteiger partial charge in [-0.05, 0) is 22.8 Å². The van der Waals surface area contributed by atoms with Crippen molar-refractivity contribution in [3.05, 3.63) is 107 Å². The molecule has 26 heavy (non-hydrogen) atoms. The smallest absolute Gasteiger partial charge is 0.262 e. The van der Waals surface area contributed by atoms with Crippen LogP contribution in [0, 0.1) is 0 Å². The molecule has 4 nitrogen and oxygen atoms in total. The molecule has 1 aliphatic heterocycles. The van der Waals surface area contributed by atoms with Gasteiger partial charge in [-0.15, -0.1) is 0 Å². The van der Waals surface area contributed by atoms with Crippen LogP contribution in [-0.4, -0.2) is 11.7 Å². The van der Waals surface area contributed by atoms with Gasteiger partial charge in [-0.1, -0.05) is 78.9 Å². The highest BCUT2D eigenvalue weighted by atomic mass is 16.2. The fraction of sp³-hybridized carbons (Fsp3) is 0.0909. The average Bonchev–Trinajstić information content (AvgIpc) is 3.08. The van der Waals surface area contributed by atoms with Crippen LogP contribution in [0.1, 0.15) is 22.3 Å². The largest absolute Gasteiger partial charge is 0.326 e. The first-order valence-electron chi connectivity index (χ1n) is 8.56. The van der Waals surface area contributed by atoms with E-state index in [9.17, 15) is 4.79 Å². The van der Waals surface area contributed by atoms with E-state index in [1.807, 2.05) is 84.9 Å². The summed E-state index contributed by atoms with van der Waals surface area (Å²) in [7, 11) is 0. The fourth-order valence-electron chi connectivity index (χ4n) is 3.34. The van der Waals surface area contributed by atoms with Gasteiger partial charge in [0.05, 0.1) is 0 Å². The normalized spacial score (nSPS) is 15.4. The number of benzene rings is 3.